The van der Waals surface area contributed by atoms with Crippen LogP contribution in [0.25, 0.3) is 0 Å². The van der Waals surface area contributed by atoms with Gasteiger partial charge in [0, 0.05) is 32.4 Å². The van der Waals surface area contributed by atoms with Crippen molar-refractivity contribution in [1.82, 2.24) is 14.5 Å². The third kappa shape index (κ3) is 2.25. The molecule has 0 bridgehead atoms. The number of hydrogen-bond acceptors (Lipinski definition) is 3. The largest absolute Gasteiger partial charge is 0.382 e. The minimum atomic E-state index is -0.837. The summed E-state index contributed by atoms with van der Waals surface area (Å²) in [5, 5.41) is 11.0. The zero-order chi connectivity index (χ0) is 14.2. The number of benzene rings is 1. The van der Waals surface area contributed by atoms with Crippen LogP contribution in [0.15, 0.2) is 42.9 Å². The average molecular weight is 271 g/mol. The second-order valence-electron chi connectivity index (χ2n) is 5.73. The molecule has 1 aromatic carbocycles. The molecule has 0 amide bonds. The number of nitrogens with zero attached hydrogens (tertiary/aromatic N) is 3. The third-order valence-electron chi connectivity index (χ3n) is 4.40. The van der Waals surface area contributed by atoms with E-state index in [1.54, 1.807) is 6.33 Å². The van der Waals surface area contributed by atoms with E-state index in [1.165, 1.54) is 5.56 Å². The average Bonchev–Trinajstić information content (AvgIpc) is 3.00. The highest BCUT2D eigenvalue weighted by molar-refractivity contribution is 5.19. The van der Waals surface area contributed by atoms with Crippen LogP contribution in [-0.2, 0) is 19.2 Å². The number of aryl methyl sites for hydroxylation is 1. The van der Waals surface area contributed by atoms with Crippen LogP contribution < -0.4 is 0 Å². The lowest BCUT2D eigenvalue weighted by Gasteiger charge is -2.30. The van der Waals surface area contributed by atoms with Crippen molar-refractivity contribution in [2.75, 3.05) is 6.54 Å². The van der Waals surface area contributed by atoms with Crippen LogP contribution in [-0.4, -0.2) is 32.1 Å². The molecule has 4 nitrogen and oxygen atoms in total. The van der Waals surface area contributed by atoms with Gasteiger partial charge in [0.15, 0.2) is 0 Å². The Bertz CT molecular complexity index is 580. The first-order chi connectivity index (χ1) is 9.59. The normalized spacial score (nSPS) is 27.1. The zero-order valence-electron chi connectivity index (χ0n) is 12.0. The van der Waals surface area contributed by atoms with Gasteiger partial charge in [0.1, 0.15) is 5.60 Å². The Morgan fingerprint density at radius 3 is 2.75 bits per heavy atom. The molecule has 2 unspecified atom stereocenters. The van der Waals surface area contributed by atoms with Gasteiger partial charge in [0.2, 0.25) is 0 Å². The van der Waals surface area contributed by atoms with Crippen molar-refractivity contribution in [3.63, 3.8) is 0 Å². The molecule has 20 heavy (non-hydrogen) atoms. The van der Waals surface area contributed by atoms with Crippen LogP contribution in [0.5, 0.6) is 0 Å². The van der Waals surface area contributed by atoms with Crippen LogP contribution in [0, 0.1) is 0 Å². The zero-order valence-corrected chi connectivity index (χ0v) is 12.0. The molecule has 1 fully saturated rings. The van der Waals surface area contributed by atoms with Crippen LogP contribution >= 0.6 is 0 Å². The molecule has 1 N–H and O–H groups in total. The second-order valence-corrected chi connectivity index (χ2v) is 5.73. The molecule has 2 heterocycles. The highest BCUT2D eigenvalue weighted by Crippen LogP contribution is 2.37. The number of aromatic nitrogens is 2. The minimum absolute atomic E-state index is 0.0672. The number of hydrogen-bond donors (Lipinski definition) is 1. The Balaban J connectivity index is 1.78. The van der Waals surface area contributed by atoms with Gasteiger partial charge >= 0.3 is 0 Å². The number of likely N-dealkylation sites (tertiary alicyclic amines) is 1. The summed E-state index contributed by atoms with van der Waals surface area (Å²) in [7, 11) is 1.93. The molecule has 1 saturated heterocycles. The van der Waals surface area contributed by atoms with Crippen LogP contribution in [0.3, 0.4) is 0 Å². The molecule has 0 aliphatic carbocycles. The molecule has 1 aliphatic rings. The van der Waals surface area contributed by atoms with Crippen LogP contribution in [0.2, 0.25) is 0 Å². The Hall–Kier alpha value is -1.65. The van der Waals surface area contributed by atoms with Crippen LogP contribution in [0.1, 0.15) is 24.6 Å². The molecule has 0 radical (unpaired) electrons. The van der Waals surface area contributed by atoms with Gasteiger partial charge in [-0.15, -0.1) is 0 Å². The third-order valence-corrected chi connectivity index (χ3v) is 4.40. The van der Waals surface area contributed by atoms with Crippen molar-refractivity contribution in [2.45, 2.75) is 31.5 Å². The lowest BCUT2D eigenvalue weighted by atomic mass is 9.92. The molecular formula is C16H21N3O. The lowest BCUT2D eigenvalue weighted by molar-refractivity contribution is 0.00117. The predicted molar refractivity (Wildman–Crippen MR) is 78.0 cm³/mol. The monoisotopic (exact) mass is 271 g/mol. The molecule has 0 saturated carbocycles. The highest BCUT2D eigenvalue weighted by Gasteiger charge is 2.45. The minimum Gasteiger partial charge on any atom is -0.382 e. The Morgan fingerprint density at radius 2 is 2.10 bits per heavy atom. The molecule has 2 aromatic rings. The number of imidazole rings is 1. The summed E-state index contributed by atoms with van der Waals surface area (Å²) < 4.78 is 1.89. The van der Waals surface area contributed by atoms with Gasteiger partial charge < -0.3 is 9.67 Å². The van der Waals surface area contributed by atoms with E-state index in [2.05, 4.69) is 41.1 Å². The summed E-state index contributed by atoms with van der Waals surface area (Å²) >= 11 is 0. The summed E-state index contributed by atoms with van der Waals surface area (Å²) in [6, 6.07) is 10.5. The van der Waals surface area contributed by atoms with Gasteiger partial charge in [-0.3, -0.25) is 4.90 Å². The van der Waals surface area contributed by atoms with Crippen LogP contribution in [0.4, 0.5) is 0 Å². The van der Waals surface area contributed by atoms with Crippen molar-refractivity contribution in [3.05, 3.63) is 54.1 Å². The van der Waals surface area contributed by atoms with Gasteiger partial charge in [-0.2, -0.15) is 0 Å². The maximum Gasteiger partial charge on any atom is 0.124 e. The van der Waals surface area contributed by atoms with E-state index in [-0.39, 0.29) is 6.04 Å². The highest BCUT2D eigenvalue weighted by atomic mass is 16.3. The Kier molecular flexibility index (Phi) is 3.36. The van der Waals surface area contributed by atoms with E-state index in [0.29, 0.717) is 0 Å². The molecule has 1 aromatic heterocycles. The molecule has 3 rings (SSSR count). The second kappa shape index (κ2) is 5.04. The fourth-order valence-corrected chi connectivity index (χ4v) is 3.03. The Morgan fingerprint density at radius 1 is 1.35 bits per heavy atom. The fourth-order valence-electron chi connectivity index (χ4n) is 3.03. The van der Waals surface area contributed by atoms with E-state index < -0.39 is 5.60 Å². The van der Waals surface area contributed by atoms with Crippen molar-refractivity contribution in [3.8, 4) is 0 Å². The first-order valence-corrected chi connectivity index (χ1v) is 7.08. The van der Waals surface area contributed by atoms with E-state index in [1.807, 2.05) is 23.9 Å². The molecule has 0 spiro atoms. The van der Waals surface area contributed by atoms with E-state index in [9.17, 15) is 5.11 Å². The van der Waals surface area contributed by atoms with Gasteiger partial charge in [-0.25, -0.2) is 4.98 Å². The SMILES string of the molecule is CC1N(Cc2ccccc2)CCC1(O)c1cn(C)cn1. The summed E-state index contributed by atoms with van der Waals surface area (Å²) in [4.78, 5) is 6.67. The maximum atomic E-state index is 11.0. The topological polar surface area (TPSA) is 41.3 Å². The van der Waals surface area contributed by atoms with Crippen molar-refractivity contribution < 1.29 is 5.11 Å². The Labute approximate surface area is 119 Å². The fraction of sp³-hybridized carbons (Fsp3) is 0.438. The number of aliphatic hydroxyl groups is 1. The van der Waals surface area contributed by atoms with Gasteiger partial charge in [0.05, 0.1) is 12.0 Å². The molecule has 1 aliphatic heterocycles. The van der Waals surface area contributed by atoms with Crippen molar-refractivity contribution >= 4 is 0 Å². The first-order valence-electron chi connectivity index (χ1n) is 7.08. The molecule has 2 atom stereocenters. The summed E-state index contributed by atoms with van der Waals surface area (Å²) in [5.74, 6) is 0. The first kappa shape index (κ1) is 13.3. The standard InChI is InChI=1S/C16H21N3O/c1-13-16(20,15-11-18(2)12-17-15)8-9-19(13)10-14-6-4-3-5-7-14/h3-7,11-13,20H,8-10H2,1-2H3. The number of rotatable bonds is 3. The van der Waals surface area contributed by atoms with E-state index >= 15 is 0 Å². The molecule has 106 valence electrons. The van der Waals surface area contributed by atoms with E-state index in [0.717, 1.165) is 25.2 Å². The van der Waals surface area contributed by atoms with Crippen molar-refractivity contribution in [1.29, 1.82) is 0 Å². The van der Waals surface area contributed by atoms with E-state index in [4.69, 9.17) is 0 Å². The maximum absolute atomic E-state index is 11.0. The quantitative estimate of drug-likeness (QED) is 0.927. The van der Waals surface area contributed by atoms with Gasteiger partial charge in [-0.05, 0) is 18.9 Å². The smallest absolute Gasteiger partial charge is 0.124 e. The van der Waals surface area contributed by atoms with Crippen molar-refractivity contribution in [2.24, 2.45) is 7.05 Å². The molecule has 4 heteroatoms. The van der Waals surface area contributed by atoms with Gasteiger partial charge in [0.25, 0.3) is 0 Å². The predicted octanol–water partition coefficient (Wildman–Crippen LogP) is 1.90. The van der Waals surface area contributed by atoms with Gasteiger partial charge in [-0.1, -0.05) is 30.3 Å². The summed E-state index contributed by atoms with van der Waals surface area (Å²) in [6.45, 7) is 3.85. The lowest BCUT2D eigenvalue weighted by Crippen LogP contribution is -2.40. The summed E-state index contributed by atoms with van der Waals surface area (Å²) in [5.41, 5.74) is 1.23. The summed E-state index contributed by atoms with van der Waals surface area (Å²) in [6.07, 6.45) is 4.40. The molecular weight excluding hydrogens is 250 g/mol.